The minimum absolute atomic E-state index is 0.0316. The van der Waals surface area contributed by atoms with E-state index in [1.807, 2.05) is 6.07 Å². The van der Waals surface area contributed by atoms with Crippen molar-refractivity contribution in [2.75, 3.05) is 16.8 Å². The van der Waals surface area contributed by atoms with Gasteiger partial charge in [-0.05, 0) is 47.7 Å². The highest BCUT2D eigenvalue weighted by molar-refractivity contribution is 6.30. The molecule has 0 fully saturated rings. The molecule has 0 saturated carbocycles. The molecule has 1 aliphatic heterocycles. The molecule has 0 unspecified atom stereocenters. The van der Waals surface area contributed by atoms with Crippen molar-refractivity contribution in [1.82, 2.24) is 0 Å². The first-order valence-electron chi connectivity index (χ1n) is 7.79. The summed E-state index contributed by atoms with van der Waals surface area (Å²) < 4.78 is 0. The van der Waals surface area contributed by atoms with Crippen LogP contribution in [0.3, 0.4) is 0 Å². The number of carbonyl (C=O) groups is 1. The lowest BCUT2D eigenvalue weighted by Crippen LogP contribution is -2.43. The zero-order valence-electron chi connectivity index (χ0n) is 13.6. The van der Waals surface area contributed by atoms with Gasteiger partial charge in [0.25, 0.3) is 0 Å². The number of carbonyl (C=O) groups excluding carboxylic acids is 1. The van der Waals surface area contributed by atoms with E-state index in [9.17, 15) is 10.1 Å². The predicted molar refractivity (Wildman–Crippen MR) is 96.6 cm³/mol. The van der Waals surface area contributed by atoms with Crippen LogP contribution in [-0.4, -0.2) is 12.6 Å². The smallest absolute Gasteiger partial charge is 0.307 e. The summed E-state index contributed by atoms with van der Waals surface area (Å²) in [7, 11) is 0. The van der Waals surface area contributed by atoms with Gasteiger partial charge in [0.05, 0.1) is 17.3 Å². The Labute approximate surface area is 146 Å². The Kier molecular flexibility index (Phi) is 4.21. The molecule has 0 bridgehead atoms. The quantitative estimate of drug-likeness (QED) is 0.800. The van der Waals surface area contributed by atoms with Gasteiger partial charge in [-0.1, -0.05) is 37.6 Å². The third-order valence-corrected chi connectivity index (χ3v) is 4.66. The van der Waals surface area contributed by atoms with Crippen LogP contribution in [0.1, 0.15) is 31.4 Å². The van der Waals surface area contributed by atoms with E-state index in [2.05, 4.69) is 25.2 Å². The number of halogens is 1. The van der Waals surface area contributed by atoms with Crippen molar-refractivity contribution in [2.24, 2.45) is 0 Å². The van der Waals surface area contributed by atoms with E-state index in [0.29, 0.717) is 22.8 Å². The minimum atomic E-state index is -0.218. The van der Waals surface area contributed by atoms with Crippen molar-refractivity contribution in [3.8, 4) is 6.07 Å². The highest BCUT2D eigenvalue weighted by Gasteiger charge is 2.33. The van der Waals surface area contributed by atoms with Gasteiger partial charge in [-0.25, -0.2) is 4.79 Å². The molecule has 1 aliphatic rings. The molecule has 0 radical (unpaired) electrons. The first kappa shape index (κ1) is 16.4. The molecule has 122 valence electrons. The third-order valence-electron chi connectivity index (χ3n) is 4.43. The van der Waals surface area contributed by atoms with Crippen molar-refractivity contribution in [2.45, 2.75) is 25.7 Å². The highest BCUT2D eigenvalue weighted by atomic mass is 35.5. The van der Waals surface area contributed by atoms with Crippen molar-refractivity contribution < 1.29 is 4.79 Å². The zero-order chi connectivity index (χ0) is 17.3. The van der Waals surface area contributed by atoms with Crippen LogP contribution in [0.5, 0.6) is 0 Å². The van der Waals surface area contributed by atoms with Crippen LogP contribution in [0.25, 0.3) is 0 Å². The average molecular weight is 340 g/mol. The number of fused-ring (bicyclic) bond motifs is 1. The van der Waals surface area contributed by atoms with Crippen LogP contribution >= 0.6 is 11.6 Å². The van der Waals surface area contributed by atoms with Gasteiger partial charge in [0.15, 0.2) is 0 Å². The molecule has 0 atom stereocenters. The van der Waals surface area contributed by atoms with Crippen LogP contribution in [0.15, 0.2) is 42.5 Å². The molecule has 0 aromatic heterocycles. The van der Waals surface area contributed by atoms with Gasteiger partial charge >= 0.3 is 6.03 Å². The molecule has 24 heavy (non-hydrogen) atoms. The van der Waals surface area contributed by atoms with Crippen LogP contribution in [0.2, 0.25) is 5.02 Å². The van der Waals surface area contributed by atoms with E-state index < -0.39 is 0 Å². The number of benzene rings is 2. The molecule has 2 aromatic rings. The van der Waals surface area contributed by atoms with E-state index in [-0.39, 0.29) is 11.4 Å². The Morgan fingerprint density at radius 1 is 1.29 bits per heavy atom. The second-order valence-electron chi connectivity index (χ2n) is 6.57. The first-order chi connectivity index (χ1) is 11.4. The summed E-state index contributed by atoms with van der Waals surface area (Å²) in [6.07, 6.45) is 0.856. The van der Waals surface area contributed by atoms with Gasteiger partial charge in [-0.2, -0.15) is 5.26 Å². The standard InChI is InChI=1S/C19H18ClN3O/c1-19(2)8-9-23(17-10-13(12-21)6-7-16(17)19)18(24)22-15-5-3-4-14(20)11-15/h3-7,10-11H,8-9H2,1-2H3,(H,22,24). The average Bonchev–Trinajstić information content (AvgIpc) is 2.54. The first-order valence-corrected chi connectivity index (χ1v) is 8.17. The highest BCUT2D eigenvalue weighted by Crippen LogP contribution is 2.40. The molecule has 1 N–H and O–H groups in total. The van der Waals surface area contributed by atoms with Crippen molar-refractivity contribution >= 4 is 29.0 Å². The van der Waals surface area contributed by atoms with Gasteiger partial charge in [0, 0.05) is 17.3 Å². The van der Waals surface area contributed by atoms with Crippen LogP contribution in [0, 0.1) is 11.3 Å². The van der Waals surface area contributed by atoms with Crippen LogP contribution in [-0.2, 0) is 5.41 Å². The maximum atomic E-state index is 12.7. The molecular weight excluding hydrogens is 322 g/mol. The number of amides is 2. The predicted octanol–water partition coefficient (Wildman–Crippen LogP) is 4.93. The molecule has 3 rings (SSSR count). The number of hydrogen-bond acceptors (Lipinski definition) is 2. The number of urea groups is 1. The lowest BCUT2D eigenvalue weighted by atomic mass is 9.77. The van der Waals surface area contributed by atoms with Crippen molar-refractivity contribution in [3.63, 3.8) is 0 Å². The Bertz CT molecular complexity index is 839. The van der Waals surface area contributed by atoms with Gasteiger partial charge in [0.2, 0.25) is 0 Å². The molecule has 0 spiro atoms. The molecule has 5 heteroatoms. The van der Waals surface area contributed by atoms with Crippen molar-refractivity contribution in [1.29, 1.82) is 5.26 Å². The maximum Gasteiger partial charge on any atom is 0.326 e. The van der Waals surface area contributed by atoms with Crippen LogP contribution < -0.4 is 10.2 Å². The van der Waals surface area contributed by atoms with E-state index in [1.165, 1.54) is 0 Å². The van der Waals surface area contributed by atoms with E-state index >= 15 is 0 Å². The Balaban J connectivity index is 1.95. The number of nitriles is 1. The number of nitrogens with one attached hydrogen (secondary N) is 1. The van der Waals surface area contributed by atoms with E-state index in [4.69, 9.17) is 11.6 Å². The molecule has 0 aliphatic carbocycles. The fourth-order valence-corrected chi connectivity index (χ4v) is 3.20. The lowest BCUT2D eigenvalue weighted by molar-refractivity contribution is 0.255. The Morgan fingerprint density at radius 3 is 2.79 bits per heavy atom. The number of nitrogens with zero attached hydrogens (tertiary/aromatic N) is 2. The van der Waals surface area contributed by atoms with Crippen molar-refractivity contribution in [3.05, 3.63) is 58.6 Å². The molecule has 2 amide bonds. The topological polar surface area (TPSA) is 56.1 Å². The zero-order valence-corrected chi connectivity index (χ0v) is 14.4. The number of rotatable bonds is 1. The second-order valence-corrected chi connectivity index (χ2v) is 7.01. The molecule has 2 aromatic carbocycles. The summed E-state index contributed by atoms with van der Waals surface area (Å²) in [5.41, 5.74) is 3.04. The van der Waals surface area contributed by atoms with Gasteiger partial charge in [0.1, 0.15) is 0 Å². The monoisotopic (exact) mass is 339 g/mol. The van der Waals surface area contributed by atoms with Gasteiger partial charge < -0.3 is 5.32 Å². The lowest BCUT2D eigenvalue weighted by Gasteiger charge is -2.39. The second kappa shape index (κ2) is 6.18. The minimum Gasteiger partial charge on any atom is -0.307 e. The van der Waals surface area contributed by atoms with Crippen LogP contribution in [0.4, 0.5) is 16.2 Å². The molecule has 1 heterocycles. The molecule has 0 saturated heterocycles. The largest absolute Gasteiger partial charge is 0.326 e. The third kappa shape index (κ3) is 3.08. The number of anilines is 2. The summed E-state index contributed by atoms with van der Waals surface area (Å²) in [5, 5.41) is 12.6. The molecular formula is C19H18ClN3O. The van der Waals surface area contributed by atoms with Gasteiger partial charge in [-0.15, -0.1) is 0 Å². The summed E-state index contributed by atoms with van der Waals surface area (Å²) in [4.78, 5) is 14.4. The summed E-state index contributed by atoms with van der Waals surface area (Å²) in [6, 6.07) is 14.5. The molecule has 4 nitrogen and oxygen atoms in total. The normalized spacial score (nSPS) is 15.3. The summed E-state index contributed by atoms with van der Waals surface area (Å²) in [6.45, 7) is 4.91. The Hall–Kier alpha value is -2.51. The maximum absolute atomic E-state index is 12.7. The summed E-state index contributed by atoms with van der Waals surface area (Å²) >= 11 is 5.97. The Morgan fingerprint density at radius 2 is 2.08 bits per heavy atom. The fraction of sp³-hybridized carbons (Fsp3) is 0.263. The van der Waals surface area contributed by atoms with Gasteiger partial charge in [-0.3, -0.25) is 4.90 Å². The SMILES string of the molecule is CC1(C)CCN(C(=O)Nc2cccc(Cl)c2)c2cc(C#N)ccc21. The van der Waals surface area contributed by atoms with E-state index in [0.717, 1.165) is 17.7 Å². The number of hydrogen-bond donors (Lipinski definition) is 1. The van der Waals surface area contributed by atoms with E-state index in [1.54, 1.807) is 41.3 Å². The summed E-state index contributed by atoms with van der Waals surface area (Å²) in [5.74, 6) is 0. The fourth-order valence-electron chi connectivity index (χ4n) is 3.01.